The van der Waals surface area contributed by atoms with Crippen molar-refractivity contribution in [3.63, 3.8) is 0 Å². The van der Waals surface area contributed by atoms with Crippen LogP contribution in [-0.2, 0) is 6.54 Å². The molecule has 0 aliphatic carbocycles. The monoisotopic (exact) mass is 228 g/mol. The second-order valence-corrected chi connectivity index (χ2v) is 4.11. The first-order chi connectivity index (χ1) is 8.20. The highest BCUT2D eigenvalue weighted by atomic mass is 16.1. The Kier molecular flexibility index (Phi) is 3.40. The summed E-state index contributed by atoms with van der Waals surface area (Å²) in [6.45, 7) is 3.08. The van der Waals surface area contributed by atoms with Gasteiger partial charge in [-0.1, -0.05) is 29.8 Å². The van der Waals surface area contributed by atoms with Gasteiger partial charge in [0.25, 0.3) is 5.56 Å². The average molecular weight is 228 g/mol. The number of hydrogen-bond acceptors (Lipinski definition) is 2. The van der Waals surface area contributed by atoms with Crippen molar-refractivity contribution in [3.05, 3.63) is 58.5 Å². The first kappa shape index (κ1) is 11.6. The number of aromatic nitrogens is 1. The SMILES string of the molecule is Cc1cccc(-c2ccc(=O)n(CCN)c2)c1. The number of benzene rings is 1. The smallest absolute Gasteiger partial charge is 0.250 e. The fourth-order valence-corrected chi connectivity index (χ4v) is 1.84. The molecule has 2 rings (SSSR count). The number of pyridine rings is 1. The summed E-state index contributed by atoms with van der Waals surface area (Å²) in [6.07, 6.45) is 1.87. The fraction of sp³-hybridized carbons (Fsp3) is 0.214. The van der Waals surface area contributed by atoms with Crippen LogP contribution >= 0.6 is 0 Å². The molecule has 0 aliphatic rings. The third-order valence-corrected chi connectivity index (χ3v) is 2.70. The minimum absolute atomic E-state index is 0.00754. The third kappa shape index (κ3) is 2.63. The molecule has 0 saturated heterocycles. The predicted octanol–water partition coefficient (Wildman–Crippen LogP) is 1.78. The molecule has 0 fully saturated rings. The van der Waals surface area contributed by atoms with E-state index < -0.39 is 0 Å². The average Bonchev–Trinajstić information content (AvgIpc) is 2.32. The fourth-order valence-electron chi connectivity index (χ4n) is 1.84. The van der Waals surface area contributed by atoms with Crippen molar-refractivity contribution in [1.29, 1.82) is 0 Å². The summed E-state index contributed by atoms with van der Waals surface area (Å²) in [5, 5.41) is 0. The Hall–Kier alpha value is -1.87. The van der Waals surface area contributed by atoms with Gasteiger partial charge in [-0.3, -0.25) is 4.79 Å². The zero-order valence-electron chi connectivity index (χ0n) is 9.89. The van der Waals surface area contributed by atoms with Crippen LogP contribution in [0.5, 0.6) is 0 Å². The first-order valence-corrected chi connectivity index (χ1v) is 5.68. The van der Waals surface area contributed by atoms with E-state index in [1.54, 1.807) is 10.6 Å². The molecule has 0 atom stereocenters. The Morgan fingerprint density at radius 1 is 1.18 bits per heavy atom. The second-order valence-electron chi connectivity index (χ2n) is 4.11. The van der Waals surface area contributed by atoms with Gasteiger partial charge in [-0.15, -0.1) is 0 Å². The van der Waals surface area contributed by atoms with Crippen LogP contribution in [0.1, 0.15) is 5.56 Å². The van der Waals surface area contributed by atoms with Crippen LogP contribution in [0.4, 0.5) is 0 Å². The summed E-state index contributed by atoms with van der Waals surface area (Å²) in [7, 11) is 0. The second kappa shape index (κ2) is 4.97. The van der Waals surface area contributed by atoms with E-state index in [4.69, 9.17) is 5.73 Å². The maximum absolute atomic E-state index is 11.6. The molecule has 2 aromatic rings. The number of nitrogens with two attached hydrogens (primary N) is 1. The van der Waals surface area contributed by atoms with Crippen LogP contribution < -0.4 is 11.3 Å². The standard InChI is InChI=1S/C14H16N2O/c1-11-3-2-4-12(9-11)13-5-6-14(17)16(10-13)8-7-15/h2-6,9-10H,7-8,15H2,1H3. The van der Waals surface area contributed by atoms with Gasteiger partial charge in [0.1, 0.15) is 0 Å². The van der Waals surface area contributed by atoms with E-state index in [-0.39, 0.29) is 5.56 Å². The van der Waals surface area contributed by atoms with Crippen LogP contribution in [0.25, 0.3) is 11.1 Å². The van der Waals surface area contributed by atoms with Crippen molar-refractivity contribution in [2.45, 2.75) is 13.5 Å². The number of rotatable bonds is 3. The van der Waals surface area contributed by atoms with E-state index in [1.807, 2.05) is 24.4 Å². The highest BCUT2D eigenvalue weighted by molar-refractivity contribution is 5.62. The lowest BCUT2D eigenvalue weighted by atomic mass is 10.1. The molecule has 0 saturated carbocycles. The van der Waals surface area contributed by atoms with E-state index in [2.05, 4.69) is 19.1 Å². The third-order valence-electron chi connectivity index (χ3n) is 2.70. The molecule has 0 bridgehead atoms. The van der Waals surface area contributed by atoms with Crippen molar-refractivity contribution in [1.82, 2.24) is 4.57 Å². The Bertz CT molecular complexity index is 572. The van der Waals surface area contributed by atoms with Gasteiger partial charge in [0, 0.05) is 25.4 Å². The van der Waals surface area contributed by atoms with E-state index in [0.717, 1.165) is 11.1 Å². The van der Waals surface area contributed by atoms with Crippen molar-refractivity contribution >= 4 is 0 Å². The van der Waals surface area contributed by atoms with Crippen LogP contribution in [0.2, 0.25) is 0 Å². The maximum atomic E-state index is 11.6. The van der Waals surface area contributed by atoms with Crippen molar-refractivity contribution in [3.8, 4) is 11.1 Å². The number of aryl methyl sites for hydroxylation is 1. The topological polar surface area (TPSA) is 48.0 Å². The minimum Gasteiger partial charge on any atom is -0.329 e. The van der Waals surface area contributed by atoms with Gasteiger partial charge in [-0.25, -0.2) is 0 Å². The molecular weight excluding hydrogens is 212 g/mol. The van der Waals surface area contributed by atoms with Gasteiger partial charge in [0.2, 0.25) is 0 Å². The molecule has 3 nitrogen and oxygen atoms in total. The molecule has 0 radical (unpaired) electrons. The Balaban J connectivity index is 2.46. The van der Waals surface area contributed by atoms with Crippen LogP contribution in [0, 0.1) is 6.92 Å². The predicted molar refractivity (Wildman–Crippen MR) is 69.9 cm³/mol. The Morgan fingerprint density at radius 2 is 2.00 bits per heavy atom. The molecule has 0 unspecified atom stereocenters. The molecule has 2 N–H and O–H groups in total. The van der Waals surface area contributed by atoms with Crippen LogP contribution in [0.3, 0.4) is 0 Å². The molecule has 17 heavy (non-hydrogen) atoms. The lowest BCUT2D eigenvalue weighted by Gasteiger charge is -2.07. The Morgan fingerprint density at radius 3 is 2.71 bits per heavy atom. The number of hydrogen-bond donors (Lipinski definition) is 1. The largest absolute Gasteiger partial charge is 0.329 e. The van der Waals surface area contributed by atoms with Gasteiger partial charge in [0.15, 0.2) is 0 Å². The lowest BCUT2D eigenvalue weighted by molar-refractivity contribution is 0.682. The molecule has 0 spiro atoms. The Labute approximate surface area is 101 Å². The summed E-state index contributed by atoms with van der Waals surface area (Å²) in [4.78, 5) is 11.6. The van der Waals surface area contributed by atoms with Crippen LogP contribution in [-0.4, -0.2) is 11.1 Å². The van der Waals surface area contributed by atoms with Gasteiger partial charge >= 0.3 is 0 Å². The first-order valence-electron chi connectivity index (χ1n) is 5.68. The van der Waals surface area contributed by atoms with E-state index >= 15 is 0 Å². The summed E-state index contributed by atoms with van der Waals surface area (Å²) >= 11 is 0. The zero-order valence-corrected chi connectivity index (χ0v) is 9.89. The van der Waals surface area contributed by atoms with Crippen molar-refractivity contribution in [2.75, 3.05) is 6.54 Å². The zero-order chi connectivity index (χ0) is 12.3. The molecule has 1 aromatic carbocycles. The molecule has 3 heteroatoms. The molecule has 0 aliphatic heterocycles. The highest BCUT2D eigenvalue weighted by Crippen LogP contribution is 2.18. The minimum atomic E-state index is -0.00754. The molecule has 0 amide bonds. The van der Waals surface area contributed by atoms with E-state index in [1.165, 1.54) is 5.56 Å². The van der Waals surface area contributed by atoms with Gasteiger partial charge in [-0.2, -0.15) is 0 Å². The van der Waals surface area contributed by atoms with Gasteiger partial charge < -0.3 is 10.3 Å². The summed E-state index contributed by atoms with van der Waals surface area (Å²) in [6, 6.07) is 11.7. The van der Waals surface area contributed by atoms with Gasteiger partial charge in [-0.05, 0) is 24.1 Å². The molecule has 88 valence electrons. The van der Waals surface area contributed by atoms with Crippen molar-refractivity contribution < 1.29 is 0 Å². The molecule has 1 heterocycles. The summed E-state index contributed by atoms with van der Waals surface area (Å²) in [5.74, 6) is 0. The van der Waals surface area contributed by atoms with Crippen LogP contribution in [0.15, 0.2) is 47.4 Å². The van der Waals surface area contributed by atoms with E-state index in [0.29, 0.717) is 13.1 Å². The highest BCUT2D eigenvalue weighted by Gasteiger charge is 2.01. The lowest BCUT2D eigenvalue weighted by Crippen LogP contribution is -2.22. The summed E-state index contributed by atoms with van der Waals surface area (Å²) in [5.41, 5.74) is 8.85. The number of nitrogens with zero attached hydrogens (tertiary/aromatic N) is 1. The van der Waals surface area contributed by atoms with Gasteiger partial charge in [0.05, 0.1) is 0 Å². The van der Waals surface area contributed by atoms with E-state index in [9.17, 15) is 4.79 Å². The quantitative estimate of drug-likeness (QED) is 0.870. The van der Waals surface area contributed by atoms with Crippen molar-refractivity contribution in [2.24, 2.45) is 5.73 Å². The molecule has 1 aromatic heterocycles. The molecular formula is C14H16N2O. The maximum Gasteiger partial charge on any atom is 0.250 e. The summed E-state index contributed by atoms with van der Waals surface area (Å²) < 4.78 is 1.65. The normalized spacial score (nSPS) is 10.5.